The van der Waals surface area contributed by atoms with Gasteiger partial charge < -0.3 is 20.1 Å². The number of nitrogens with zero attached hydrogens (tertiary/aromatic N) is 1. The van der Waals surface area contributed by atoms with Crippen LogP contribution < -0.4 is 5.32 Å². The molecule has 6 nitrogen and oxygen atoms in total. The summed E-state index contributed by atoms with van der Waals surface area (Å²) in [5, 5.41) is 11.3. The summed E-state index contributed by atoms with van der Waals surface area (Å²) in [7, 11) is 0. The number of aliphatic carboxylic acids is 1. The molecule has 96 valence electrons. The number of carboxylic acids is 1. The van der Waals surface area contributed by atoms with Gasteiger partial charge >= 0.3 is 12.0 Å². The van der Waals surface area contributed by atoms with Gasteiger partial charge in [-0.05, 0) is 26.2 Å². The van der Waals surface area contributed by atoms with E-state index in [9.17, 15) is 9.59 Å². The predicted molar refractivity (Wildman–Crippen MR) is 59.7 cm³/mol. The SMILES string of the molecule is CC(NC(=O)N1CCOC2CCCC21)C(=O)O. The molecule has 2 fully saturated rings. The van der Waals surface area contributed by atoms with E-state index in [0.29, 0.717) is 13.2 Å². The Labute approximate surface area is 99.9 Å². The van der Waals surface area contributed by atoms with Crippen LogP contribution in [0.2, 0.25) is 0 Å². The first-order chi connectivity index (χ1) is 8.09. The third-order valence-electron chi connectivity index (χ3n) is 3.45. The maximum atomic E-state index is 12.0. The van der Waals surface area contributed by atoms with Crippen molar-refractivity contribution in [2.24, 2.45) is 0 Å². The number of morpholine rings is 1. The number of rotatable bonds is 2. The minimum absolute atomic E-state index is 0.116. The second-order valence-electron chi connectivity index (χ2n) is 4.61. The number of carbonyl (C=O) groups excluding carboxylic acids is 1. The molecule has 1 aliphatic carbocycles. The van der Waals surface area contributed by atoms with Crippen LogP contribution in [0.1, 0.15) is 26.2 Å². The Morgan fingerprint density at radius 1 is 1.47 bits per heavy atom. The highest BCUT2D eigenvalue weighted by atomic mass is 16.5. The van der Waals surface area contributed by atoms with Crippen LogP contribution >= 0.6 is 0 Å². The van der Waals surface area contributed by atoms with Crippen LogP contribution in [0, 0.1) is 0 Å². The summed E-state index contributed by atoms with van der Waals surface area (Å²) in [6.07, 6.45) is 3.13. The molecule has 0 aromatic heterocycles. The molecule has 2 aliphatic rings. The van der Waals surface area contributed by atoms with Crippen molar-refractivity contribution >= 4 is 12.0 Å². The van der Waals surface area contributed by atoms with Gasteiger partial charge in [0.25, 0.3) is 0 Å². The molecule has 1 saturated heterocycles. The zero-order valence-electron chi connectivity index (χ0n) is 9.89. The number of carboxylic acid groups (broad SMARTS) is 1. The smallest absolute Gasteiger partial charge is 0.325 e. The average Bonchev–Trinajstić information content (AvgIpc) is 2.76. The molecule has 0 bridgehead atoms. The summed E-state index contributed by atoms with van der Waals surface area (Å²) in [6.45, 7) is 2.54. The van der Waals surface area contributed by atoms with Crippen LogP contribution in [0.4, 0.5) is 4.79 Å². The molecule has 2 amide bonds. The van der Waals surface area contributed by atoms with Crippen molar-refractivity contribution in [3.05, 3.63) is 0 Å². The van der Waals surface area contributed by atoms with Gasteiger partial charge in [0.15, 0.2) is 0 Å². The summed E-state index contributed by atoms with van der Waals surface area (Å²) in [5.41, 5.74) is 0. The van der Waals surface area contributed by atoms with Crippen molar-refractivity contribution in [3.8, 4) is 0 Å². The van der Waals surface area contributed by atoms with Gasteiger partial charge in [-0.1, -0.05) is 0 Å². The number of fused-ring (bicyclic) bond motifs is 1. The van der Waals surface area contributed by atoms with Crippen LogP contribution in [-0.2, 0) is 9.53 Å². The van der Waals surface area contributed by atoms with E-state index in [1.54, 1.807) is 4.90 Å². The van der Waals surface area contributed by atoms with Crippen molar-refractivity contribution in [1.82, 2.24) is 10.2 Å². The third kappa shape index (κ3) is 2.52. The number of hydrogen-bond acceptors (Lipinski definition) is 3. The van der Waals surface area contributed by atoms with Gasteiger partial charge in [0.1, 0.15) is 6.04 Å². The van der Waals surface area contributed by atoms with Gasteiger partial charge in [-0.15, -0.1) is 0 Å². The fourth-order valence-electron chi connectivity index (χ4n) is 2.51. The summed E-state index contributed by atoms with van der Waals surface area (Å²) in [5.74, 6) is -1.02. The molecular weight excluding hydrogens is 224 g/mol. The Morgan fingerprint density at radius 3 is 2.94 bits per heavy atom. The maximum Gasteiger partial charge on any atom is 0.325 e. The summed E-state index contributed by atoms with van der Waals surface area (Å²) >= 11 is 0. The van der Waals surface area contributed by atoms with E-state index in [1.165, 1.54) is 6.92 Å². The molecule has 0 radical (unpaired) electrons. The van der Waals surface area contributed by atoms with Gasteiger partial charge in [-0.2, -0.15) is 0 Å². The van der Waals surface area contributed by atoms with E-state index >= 15 is 0 Å². The zero-order chi connectivity index (χ0) is 12.4. The summed E-state index contributed by atoms with van der Waals surface area (Å²) in [4.78, 5) is 24.4. The highest BCUT2D eigenvalue weighted by Crippen LogP contribution is 2.29. The summed E-state index contributed by atoms with van der Waals surface area (Å²) in [6, 6.07) is -1.03. The molecular formula is C11H18N2O4. The molecule has 6 heteroatoms. The summed E-state index contributed by atoms with van der Waals surface area (Å²) < 4.78 is 5.60. The highest BCUT2D eigenvalue weighted by molar-refractivity contribution is 5.82. The standard InChI is InChI=1S/C11H18N2O4/c1-7(10(14)15)12-11(16)13-5-6-17-9-4-2-3-8(9)13/h7-9H,2-6H2,1H3,(H,12,16)(H,14,15). The van der Waals surface area contributed by atoms with Gasteiger partial charge in [0.2, 0.25) is 0 Å². The predicted octanol–water partition coefficient (Wildman–Crippen LogP) is 0.422. The van der Waals surface area contributed by atoms with Gasteiger partial charge in [-0.25, -0.2) is 4.79 Å². The molecule has 2 rings (SSSR count). The van der Waals surface area contributed by atoms with Gasteiger partial charge in [-0.3, -0.25) is 4.79 Å². The Bertz CT molecular complexity index is 321. The van der Waals surface area contributed by atoms with Crippen LogP contribution in [-0.4, -0.2) is 53.3 Å². The minimum atomic E-state index is -1.02. The highest BCUT2D eigenvalue weighted by Gasteiger charge is 2.38. The van der Waals surface area contributed by atoms with Crippen molar-refractivity contribution in [2.45, 2.75) is 44.4 Å². The second kappa shape index (κ2) is 4.91. The lowest BCUT2D eigenvalue weighted by molar-refractivity contribution is -0.138. The van der Waals surface area contributed by atoms with Crippen LogP contribution in [0.5, 0.6) is 0 Å². The van der Waals surface area contributed by atoms with Crippen molar-refractivity contribution in [2.75, 3.05) is 13.2 Å². The van der Waals surface area contributed by atoms with Crippen LogP contribution in [0.15, 0.2) is 0 Å². The van der Waals surface area contributed by atoms with Crippen molar-refractivity contribution < 1.29 is 19.4 Å². The largest absolute Gasteiger partial charge is 0.480 e. The zero-order valence-corrected chi connectivity index (χ0v) is 9.89. The lowest BCUT2D eigenvalue weighted by Crippen LogP contribution is -2.56. The minimum Gasteiger partial charge on any atom is -0.480 e. The molecule has 1 aliphatic heterocycles. The first kappa shape index (κ1) is 12.2. The molecule has 3 atom stereocenters. The van der Waals surface area contributed by atoms with E-state index in [4.69, 9.17) is 9.84 Å². The molecule has 17 heavy (non-hydrogen) atoms. The van der Waals surface area contributed by atoms with E-state index in [-0.39, 0.29) is 18.2 Å². The monoisotopic (exact) mass is 242 g/mol. The van der Waals surface area contributed by atoms with E-state index in [1.807, 2.05) is 0 Å². The Kier molecular flexibility index (Phi) is 3.51. The Morgan fingerprint density at radius 2 is 2.24 bits per heavy atom. The van der Waals surface area contributed by atoms with E-state index < -0.39 is 12.0 Å². The van der Waals surface area contributed by atoms with E-state index in [0.717, 1.165) is 19.3 Å². The number of amides is 2. The number of urea groups is 1. The lowest BCUT2D eigenvalue weighted by atomic mass is 10.1. The number of hydrogen-bond donors (Lipinski definition) is 2. The molecule has 0 aromatic rings. The number of nitrogens with one attached hydrogen (secondary N) is 1. The maximum absolute atomic E-state index is 12.0. The number of ether oxygens (including phenoxy) is 1. The molecule has 1 saturated carbocycles. The molecule has 0 spiro atoms. The van der Waals surface area contributed by atoms with Crippen LogP contribution in [0.25, 0.3) is 0 Å². The van der Waals surface area contributed by atoms with Crippen molar-refractivity contribution in [1.29, 1.82) is 0 Å². The topological polar surface area (TPSA) is 78.9 Å². The fourth-order valence-corrected chi connectivity index (χ4v) is 2.51. The van der Waals surface area contributed by atoms with Gasteiger partial charge in [0, 0.05) is 6.54 Å². The lowest BCUT2D eigenvalue weighted by Gasteiger charge is -2.37. The molecule has 3 unspecified atom stereocenters. The molecule has 1 heterocycles. The average molecular weight is 242 g/mol. The molecule has 0 aromatic carbocycles. The van der Waals surface area contributed by atoms with E-state index in [2.05, 4.69) is 5.32 Å². The normalized spacial score (nSPS) is 29.6. The third-order valence-corrected chi connectivity index (χ3v) is 3.45. The Hall–Kier alpha value is -1.30. The van der Waals surface area contributed by atoms with Crippen molar-refractivity contribution in [3.63, 3.8) is 0 Å². The number of carbonyl (C=O) groups is 2. The Balaban J connectivity index is 1.96. The first-order valence-electron chi connectivity index (χ1n) is 6.01. The second-order valence-corrected chi connectivity index (χ2v) is 4.61. The van der Waals surface area contributed by atoms with Gasteiger partial charge in [0.05, 0.1) is 18.8 Å². The first-order valence-corrected chi connectivity index (χ1v) is 6.01. The quantitative estimate of drug-likeness (QED) is 0.735. The fraction of sp³-hybridized carbons (Fsp3) is 0.818. The van der Waals surface area contributed by atoms with Crippen LogP contribution in [0.3, 0.4) is 0 Å². The molecule has 2 N–H and O–H groups in total.